The van der Waals surface area contributed by atoms with Crippen molar-refractivity contribution in [3.8, 4) is 0 Å². The summed E-state index contributed by atoms with van der Waals surface area (Å²) in [4.78, 5) is 13.6. The smallest absolute Gasteiger partial charge is 0.407 e. The van der Waals surface area contributed by atoms with Crippen LogP contribution < -0.4 is 5.32 Å². The Morgan fingerprint density at radius 3 is 2.94 bits per heavy atom. The Bertz CT molecular complexity index is 382. The fraction of sp³-hybridized carbons (Fsp3) is 0.667. The summed E-state index contributed by atoms with van der Waals surface area (Å²) in [5, 5.41) is 9.09. The summed E-state index contributed by atoms with van der Waals surface area (Å²) in [6.07, 6.45) is 1.39. The third-order valence-corrected chi connectivity index (χ3v) is 3.30. The molecule has 0 saturated carbocycles. The van der Waals surface area contributed by atoms with Crippen molar-refractivity contribution in [3.63, 3.8) is 0 Å². The number of likely N-dealkylation sites (N-methyl/N-ethyl adjacent to an activating group) is 1. The molecule has 2 aliphatic rings. The molecule has 2 rings (SSSR count). The fourth-order valence-electron chi connectivity index (χ4n) is 2.42. The maximum atomic E-state index is 11.3. The first-order valence-corrected chi connectivity index (χ1v) is 6.20. The summed E-state index contributed by atoms with van der Waals surface area (Å²) in [5.41, 5.74) is 0.548. The molecule has 0 radical (unpaired) electrons. The first-order chi connectivity index (χ1) is 8.58. The molecule has 0 bridgehead atoms. The van der Waals surface area contributed by atoms with Gasteiger partial charge in [-0.3, -0.25) is 9.91 Å². The van der Waals surface area contributed by atoms with Gasteiger partial charge >= 0.3 is 6.09 Å². The molecule has 100 valence electrons. The first-order valence-electron chi connectivity index (χ1n) is 6.20. The van der Waals surface area contributed by atoms with Gasteiger partial charge in [-0.25, -0.2) is 4.79 Å². The average Bonchev–Trinajstić information content (AvgIpc) is 2.62. The lowest BCUT2D eigenvalue weighted by Gasteiger charge is -2.30. The van der Waals surface area contributed by atoms with E-state index in [-0.39, 0.29) is 11.6 Å². The number of nitrogens with zero attached hydrogens (tertiary/aromatic N) is 3. The Morgan fingerprint density at radius 2 is 2.39 bits per heavy atom. The molecule has 6 nitrogen and oxygen atoms in total. The minimum Gasteiger partial charge on any atom is -0.447 e. The monoisotopic (exact) mass is 252 g/mol. The zero-order valence-electron chi connectivity index (χ0n) is 11.0. The second kappa shape index (κ2) is 4.97. The number of ether oxygens (including phenoxy) is 1. The van der Waals surface area contributed by atoms with Crippen molar-refractivity contribution < 1.29 is 9.53 Å². The van der Waals surface area contributed by atoms with Gasteiger partial charge in [-0.2, -0.15) is 5.10 Å². The number of cyclic esters (lactones) is 1. The molecule has 1 atom stereocenters. The van der Waals surface area contributed by atoms with E-state index in [1.165, 1.54) is 0 Å². The van der Waals surface area contributed by atoms with E-state index in [4.69, 9.17) is 4.74 Å². The summed E-state index contributed by atoms with van der Waals surface area (Å²) in [5.74, 6) is 0. The van der Waals surface area contributed by atoms with Crippen molar-refractivity contribution in [1.82, 2.24) is 15.2 Å². The standard InChI is InChI=1S/C12H20N4O2/c1-4-13-16-8-12(9-18-11(17)14-12)7-15(5-2)6-10(16)3/h4H,3,5-9H2,1-2H3,(H,14,17)/b13-4-. The average molecular weight is 252 g/mol. The first kappa shape index (κ1) is 12.9. The van der Waals surface area contributed by atoms with Crippen LogP contribution in [0.1, 0.15) is 13.8 Å². The Labute approximate surface area is 107 Å². The van der Waals surface area contributed by atoms with Gasteiger partial charge in [0.25, 0.3) is 0 Å². The van der Waals surface area contributed by atoms with Crippen LogP contribution in [0.3, 0.4) is 0 Å². The van der Waals surface area contributed by atoms with E-state index in [1.807, 2.05) is 11.9 Å². The predicted molar refractivity (Wildman–Crippen MR) is 69.3 cm³/mol. The van der Waals surface area contributed by atoms with Gasteiger partial charge in [0.2, 0.25) is 0 Å². The van der Waals surface area contributed by atoms with Crippen molar-refractivity contribution >= 4 is 12.3 Å². The van der Waals surface area contributed by atoms with Crippen molar-refractivity contribution in [2.24, 2.45) is 5.10 Å². The minimum absolute atomic E-state index is 0.348. The zero-order valence-corrected chi connectivity index (χ0v) is 11.0. The number of amides is 1. The molecule has 0 aromatic carbocycles. The number of alkyl carbamates (subject to hydrolysis) is 1. The number of nitrogens with one attached hydrogen (secondary N) is 1. The summed E-state index contributed by atoms with van der Waals surface area (Å²) in [7, 11) is 0. The molecule has 0 aromatic rings. The molecule has 1 N–H and O–H groups in total. The summed E-state index contributed by atoms with van der Waals surface area (Å²) >= 11 is 0. The van der Waals surface area contributed by atoms with Gasteiger partial charge in [0.1, 0.15) is 12.1 Å². The van der Waals surface area contributed by atoms with Gasteiger partial charge in [-0.1, -0.05) is 13.5 Å². The Balaban J connectivity index is 2.23. The molecule has 0 aliphatic carbocycles. The molecule has 2 fully saturated rings. The third-order valence-electron chi connectivity index (χ3n) is 3.30. The molecule has 0 aromatic heterocycles. The molecule has 1 amide bonds. The second-order valence-corrected chi connectivity index (χ2v) is 4.78. The Hall–Kier alpha value is -1.56. The highest BCUT2D eigenvalue weighted by atomic mass is 16.6. The number of hydrogen-bond acceptors (Lipinski definition) is 5. The van der Waals surface area contributed by atoms with Gasteiger partial charge in [0.15, 0.2) is 0 Å². The lowest BCUT2D eigenvalue weighted by atomic mass is 10.0. The Kier molecular flexibility index (Phi) is 3.56. The Morgan fingerprint density at radius 1 is 1.61 bits per heavy atom. The number of carbonyl (C=O) groups is 1. The zero-order chi connectivity index (χ0) is 13.2. The molecule has 1 spiro atoms. The van der Waals surface area contributed by atoms with Crippen molar-refractivity contribution in [2.75, 3.05) is 32.8 Å². The van der Waals surface area contributed by atoms with Gasteiger partial charge in [-0.15, -0.1) is 0 Å². The van der Waals surface area contributed by atoms with Crippen molar-refractivity contribution in [3.05, 3.63) is 12.3 Å². The van der Waals surface area contributed by atoms with E-state index in [0.717, 1.165) is 25.3 Å². The lowest BCUT2D eigenvalue weighted by Crippen LogP contribution is -2.55. The molecule has 18 heavy (non-hydrogen) atoms. The predicted octanol–water partition coefficient (Wildman–Crippen LogP) is 0.622. The lowest BCUT2D eigenvalue weighted by molar-refractivity contribution is 0.158. The molecule has 1 unspecified atom stereocenters. The van der Waals surface area contributed by atoms with Crippen LogP contribution in [-0.2, 0) is 4.74 Å². The van der Waals surface area contributed by atoms with Crippen LogP contribution in [0, 0.1) is 0 Å². The van der Waals surface area contributed by atoms with Crippen LogP contribution >= 0.6 is 0 Å². The number of hydrogen-bond donors (Lipinski definition) is 1. The van der Waals surface area contributed by atoms with E-state index >= 15 is 0 Å². The minimum atomic E-state index is -0.390. The van der Waals surface area contributed by atoms with Crippen LogP contribution in [0.2, 0.25) is 0 Å². The maximum absolute atomic E-state index is 11.3. The van der Waals surface area contributed by atoms with Gasteiger partial charge in [0, 0.05) is 25.0 Å². The van der Waals surface area contributed by atoms with E-state index < -0.39 is 0 Å². The largest absolute Gasteiger partial charge is 0.447 e. The quantitative estimate of drug-likeness (QED) is 0.732. The maximum Gasteiger partial charge on any atom is 0.407 e. The third kappa shape index (κ3) is 2.48. The number of hydrazone groups is 1. The molecule has 2 aliphatic heterocycles. The molecule has 2 heterocycles. The van der Waals surface area contributed by atoms with Crippen LogP contribution in [0.4, 0.5) is 4.79 Å². The van der Waals surface area contributed by atoms with Crippen molar-refractivity contribution in [2.45, 2.75) is 19.4 Å². The fourth-order valence-corrected chi connectivity index (χ4v) is 2.42. The highest BCUT2D eigenvalue weighted by molar-refractivity contribution is 5.71. The van der Waals surface area contributed by atoms with E-state index in [1.54, 1.807) is 6.21 Å². The number of rotatable bonds is 2. The van der Waals surface area contributed by atoms with Gasteiger partial charge < -0.3 is 10.1 Å². The van der Waals surface area contributed by atoms with Crippen LogP contribution in [0.15, 0.2) is 17.4 Å². The van der Waals surface area contributed by atoms with Crippen LogP contribution in [-0.4, -0.2) is 60.5 Å². The SMILES string of the molecule is C=C1CN(CC)CC2(COC(=O)N2)CN1/N=C\C. The summed E-state index contributed by atoms with van der Waals surface area (Å²) in [6.45, 7) is 11.4. The van der Waals surface area contributed by atoms with E-state index in [0.29, 0.717) is 13.2 Å². The van der Waals surface area contributed by atoms with Crippen LogP contribution in [0.5, 0.6) is 0 Å². The van der Waals surface area contributed by atoms with E-state index in [9.17, 15) is 4.79 Å². The van der Waals surface area contributed by atoms with E-state index in [2.05, 4.69) is 28.8 Å². The highest BCUT2D eigenvalue weighted by Crippen LogP contribution is 2.23. The number of carbonyl (C=O) groups excluding carboxylic acids is 1. The highest BCUT2D eigenvalue weighted by Gasteiger charge is 2.44. The topological polar surface area (TPSA) is 57.2 Å². The van der Waals surface area contributed by atoms with Crippen molar-refractivity contribution in [1.29, 1.82) is 0 Å². The summed E-state index contributed by atoms with van der Waals surface area (Å²) < 4.78 is 5.07. The van der Waals surface area contributed by atoms with Gasteiger partial charge in [-0.05, 0) is 13.5 Å². The van der Waals surface area contributed by atoms with Gasteiger partial charge in [0.05, 0.1) is 6.54 Å². The molecular weight excluding hydrogens is 232 g/mol. The normalized spacial score (nSPS) is 29.8. The second-order valence-electron chi connectivity index (χ2n) is 4.78. The summed E-state index contributed by atoms with van der Waals surface area (Å²) in [6, 6.07) is 0. The molecule has 6 heteroatoms. The molecule has 2 saturated heterocycles. The van der Waals surface area contributed by atoms with Crippen LogP contribution in [0.25, 0.3) is 0 Å². The molecular formula is C12H20N4O2.